The average Bonchev–Trinajstić information content (AvgIpc) is 2.46. The van der Waals surface area contributed by atoms with Gasteiger partial charge in [0.05, 0.1) is 20.4 Å². The average molecular weight is 286 g/mol. The van der Waals surface area contributed by atoms with Gasteiger partial charge in [0.1, 0.15) is 12.4 Å². The summed E-state index contributed by atoms with van der Waals surface area (Å²) in [5, 5.41) is 10.1. The number of hydrogen-bond donors (Lipinski definition) is 1. The molecule has 1 atom stereocenters. The summed E-state index contributed by atoms with van der Waals surface area (Å²) >= 11 is 0. The number of likely N-dealkylation sites (N-methyl/N-ethyl adjacent to an activating group) is 1. The molecule has 0 fully saturated rings. The summed E-state index contributed by atoms with van der Waals surface area (Å²) in [6.45, 7) is 0.0753. The number of hydroxylamine groups is 2. The first-order valence-corrected chi connectivity index (χ1v) is 5.73. The van der Waals surface area contributed by atoms with Gasteiger partial charge in [0.2, 0.25) is 0 Å². The number of nitrogens with zero attached hydrogens (tertiary/aromatic N) is 2. The van der Waals surface area contributed by atoms with Crippen LogP contribution in [-0.2, 0) is 9.47 Å². The predicted octanol–water partition coefficient (Wildman–Crippen LogP) is 0.549. The number of ether oxygens (including phenoxy) is 4. The van der Waals surface area contributed by atoms with Gasteiger partial charge in [-0.3, -0.25) is 0 Å². The van der Waals surface area contributed by atoms with Gasteiger partial charge in [-0.15, -0.1) is 0 Å². The topological polar surface area (TPSA) is 90.4 Å². The van der Waals surface area contributed by atoms with Crippen LogP contribution in [0.2, 0.25) is 0 Å². The van der Waals surface area contributed by atoms with E-state index in [9.17, 15) is 10.0 Å². The van der Waals surface area contributed by atoms with Crippen molar-refractivity contribution < 1.29 is 28.9 Å². The molecule has 20 heavy (non-hydrogen) atoms. The zero-order chi connectivity index (χ0) is 15.1. The van der Waals surface area contributed by atoms with Crippen molar-refractivity contribution in [3.05, 3.63) is 18.0 Å². The Morgan fingerprint density at radius 2 is 2.15 bits per heavy atom. The second-order valence-corrected chi connectivity index (χ2v) is 3.79. The first-order chi connectivity index (χ1) is 9.53. The SMILES string of the molecule is COC(=O)c1ncc(OCC(OC)N(C)O)cc1OC. The third kappa shape index (κ3) is 4.05. The molecule has 0 aliphatic heterocycles. The lowest BCUT2D eigenvalue weighted by atomic mass is 10.3. The van der Waals surface area contributed by atoms with E-state index >= 15 is 0 Å². The van der Waals surface area contributed by atoms with E-state index in [2.05, 4.69) is 9.72 Å². The summed E-state index contributed by atoms with van der Waals surface area (Å²) < 4.78 is 20.0. The second-order valence-electron chi connectivity index (χ2n) is 3.79. The van der Waals surface area contributed by atoms with E-state index in [1.807, 2.05) is 0 Å². The molecule has 1 heterocycles. The molecule has 0 bridgehead atoms. The van der Waals surface area contributed by atoms with E-state index in [-0.39, 0.29) is 18.1 Å². The fourth-order valence-electron chi connectivity index (χ4n) is 1.41. The maximum Gasteiger partial charge on any atom is 0.360 e. The molecule has 1 N–H and O–H groups in total. The molecule has 0 aromatic carbocycles. The number of aromatic nitrogens is 1. The maximum absolute atomic E-state index is 11.4. The Labute approximate surface area is 116 Å². The van der Waals surface area contributed by atoms with Crippen molar-refractivity contribution in [1.29, 1.82) is 0 Å². The Balaban J connectivity index is 2.80. The number of carbonyl (C=O) groups is 1. The summed E-state index contributed by atoms with van der Waals surface area (Å²) in [7, 11) is 5.55. The molecular formula is C12H18N2O6. The van der Waals surface area contributed by atoms with Crippen LogP contribution in [0.3, 0.4) is 0 Å². The number of pyridine rings is 1. The normalized spacial score (nSPS) is 12.1. The van der Waals surface area contributed by atoms with Crippen molar-refractivity contribution in [2.75, 3.05) is 35.0 Å². The molecule has 8 heteroatoms. The Hall–Kier alpha value is -1.90. The molecule has 112 valence electrons. The molecule has 0 spiro atoms. The van der Waals surface area contributed by atoms with Crippen molar-refractivity contribution in [3.8, 4) is 11.5 Å². The lowest BCUT2D eigenvalue weighted by Crippen LogP contribution is -2.35. The highest BCUT2D eigenvalue weighted by Gasteiger charge is 2.17. The van der Waals surface area contributed by atoms with Crippen LogP contribution in [-0.4, -0.2) is 62.4 Å². The predicted molar refractivity (Wildman–Crippen MR) is 68.0 cm³/mol. The smallest absolute Gasteiger partial charge is 0.360 e. The van der Waals surface area contributed by atoms with Crippen LogP contribution in [0.1, 0.15) is 10.5 Å². The van der Waals surface area contributed by atoms with Crippen LogP contribution in [0.25, 0.3) is 0 Å². The first kappa shape index (κ1) is 16.2. The summed E-state index contributed by atoms with van der Waals surface area (Å²) in [6, 6.07) is 1.50. The van der Waals surface area contributed by atoms with Crippen LogP contribution in [0, 0.1) is 0 Å². The second kappa shape index (κ2) is 7.63. The van der Waals surface area contributed by atoms with Crippen LogP contribution in [0.4, 0.5) is 0 Å². The number of methoxy groups -OCH3 is 3. The first-order valence-electron chi connectivity index (χ1n) is 5.73. The summed E-state index contributed by atoms with van der Waals surface area (Å²) in [6.07, 6.45) is 0.736. The highest BCUT2D eigenvalue weighted by molar-refractivity contribution is 5.90. The van der Waals surface area contributed by atoms with Crippen molar-refractivity contribution in [2.24, 2.45) is 0 Å². The van der Waals surface area contributed by atoms with Gasteiger partial charge in [-0.25, -0.2) is 9.78 Å². The standard InChI is InChI=1S/C12H18N2O6/c1-14(16)10(18-3)7-20-8-5-9(17-2)11(13-6-8)12(15)19-4/h5-6,10,16H,7H2,1-4H3. The molecule has 1 unspecified atom stereocenters. The number of hydrogen-bond acceptors (Lipinski definition) is 8. The highest BCUT2D eigenvalue weighted by atomic mass is 16.6. The fourth-order valence-corrected chi connectivity index (χ4v) is 1.41. The van der Waals surface area contributed by atoms with E-state index in [1.54, 1.807) is 0 Å². The van der Waals surface area contributed by atoms with Crippen LogP contribution in [0.15, 0.2) is 12.3 Å². The molecule has 1 aromatic heterocycles. The van der Waals surface area contributed by atoms with E-state index in [4.69, 9.17) is 14.2 Å². The number of carbonyl (C=O) groups excluding carboxylic acids is 1. The summed E-state index contributed by atoms with van der Waals surface area (Å²) in [4.78, 5) is 15.4. The monoisotopic (exact) mass is 286 g/mol. The van der Waals surface area contributed by atoms with Crippen molar-refractivity contribution in [2.45, 2.75) is 6.23 Å². The fraction of sp³-hybridized carbons (Fsp3) is 0.500. The van der Waals surface area contributed by atoms with Crippen LogP contribution >= 0.6 is 0 Å². The number of rotatable bonds is 7. The minimum absolute atomic E-state index is 0.0601. The van der Waals surface area contributed by atoms with Crippen LogP contribution in [0.5, 0.6) is 11.5 Å². The van der Waals surface area contributed by atoms with Crippen LogP contribution < -0.4 is 9.47 Å². The third-order valence-corrected chi connectivity index (χ3v) is 2.51. The molecule has 1 aromatic rings. The summed E-state index contributed by atoms with van der Waals surface area (Å²) in [5.41, 5.74) is 0.0601. The van der Waals surface area contributed by atoms with Gasteiger partial charge in [0.15, 0.2) is 17.7 Å². The van der Waals surface area contributed by atoms with E-state index in [0.29, 0.717) is 5.75 Å². The lowest BCUT2D eigenvalue weighted by Gasteiger charge is -2.21. The van der Waals surface area contributed by atoms with Gasteiger partial charge in [-0.1, -0.05) is 0 Å². The maximum atomic E-state index is 11.4. The van der Waals surface area contributed by atoms with Gasteiger partial charge in [0.25, 0.3) is 0 Å². The van der Waals surface area contributed by atoms with Crippen molar-refractivity contribution in [1.82, 2.24) is 10.0 Å². The Morgan fingerprint density at radius 1 is 1.45 bits per heavy atom. The molecule has 0 aliphatic rings. The summed E-state index contributed by atoms with van der Waals surface area (Å²) in [5.74, 6) is 0.0114. The Bertz CT molecular complexity index is 452. The molecule has 0 saturated carbocycles. The molecule has 0 aliphatic carbocycles. The van der Waals surface area contributed by atoms with Crippen molar-refractivity contribution in [3.63, 3.8) is 0 Å². The Morgan fingerprint density at radius 3 is 2.65 bits per heavy atom. The molecular weight excluding hydrogens is 268 g/mol. The van der Waals surface area contributed by atoms with Gasteiger partial charge in [-0.2, -0.15) is 5.06 Å². The molecule has 0 radical (unpaired) electrons. The van der Waals surface area contributed by atoms with Gasteiger partial charge < -0.3 is 24.2 Å². The molecule has 0 saturated heterocycles. The quantitative estimate of drug-likeness (QED) is 0.441. The third-order valence-electron chi connectivity index (χ3n) is 2.51. The minimum atomic E-state index is -0.624. The highest BCUT2D eigenvalue weighted by Crippen LogP contribution is 2.23. The molecule has 1 rings (SSSR count). The van der Waals surface area contributed by atoms with E-state index < -0.39 is 12.2 Å². The lowest BCUT2D eigenvalue weighted by molar-refractivity contribution is -0.198. The van der Waals surface area contributed by atoms with E-state index in [0.717, 1.165) is 5.06 Å². The zero-order valence-electron chi connectivity index (χ0n) is 11.8. The molecule has 8 nitrogen and oxygen atoms in total. The zero-order valence-corrected chi connectivity index (χ0v) is 11.8. The minimum Gasteiger partial charge on any atom is -0.494 e. The number of esters is 1. The van der Waals surface area contributed by atoms with Crippen molar-refractivity contribution >= 4 is 5.97 Å². The van der Waals surface area contributed by atoms with E-state index in [1.165, 1.54) is 40.6 Å². The van der Waals surface area contributed by atoms with Gasteiger partial charge in [0, 0.05) is 20.2 Å². The Kier molecular flexibility index (Phi) is 6.16. The molecule has 0 amide bonds. The largest absolute Gasteiger partial charge is 0.494 e. The van der Waals surface area contributed by atoms with Gasteiger partial charge in [-0.05, 0) is 0 Å². The van der Waals surface area contributed by atoms with Gasteiger partial charge >= 0.3 is 5.97 Å².